The number of ether oxygens (including phenoxy) is 2. The van der Waals surface area contributed by atoms with Crippen LogP contribution in [0.1, 0.15) is 24.8 Å². The summed E-state index contributed by atoms with van der Waals surface area (Å²) in [5.41, 5.74) is 8.89. The zero-order valence-corrected chi connectivity index (χ0v) is 165. The molecule has 0 bridgehead atoms. The molecule has 2 aliphatic heterocycles. The minimum absolute atomic E-state index is 0.118. The van der Waals surface area contributed by atoms with Gasteiger partial charge in [-0.2, -0.15) is 0 Å². The molecule has 2 saturated heterocycles. The first-order chi connectivity index (χ1) is 61.7. The Morgan fingerprint density at radius 1 is 0.346 bits per heavy atom. The maximum atomic E-state index is 15.0. The Morgan fingerprint density at radius 2 is 0.632 bits per heavy atom. The quantitative estimate of drug-likeness (QED) is 0.0410. The molecule has 2 aromatic heterocycles. The molecule has 10 nitrogen and oxygen atoms in total. The van der Waals surface area contributed by atoms with Crippen molar-refractivity contribution < 1.29 is 26.8 Å². The fourth-order valence-corrected chi connectivity index (χ4v) is 1370. The van der Waals surface area contributed by atoms with E-state index in [-0.39, 0.29) is 111 Å². The van der Waals surface area contributed by atoms with Gasteiger partial charge in [0.15, 0.2) is 27.1 Å². The lowest BCUT2D eigenvalue weighted by Gasteiger charge is -2.63. The number of benzene rings is 2. The van der Waals surface area contributed by atoms with E-state index in [1.165, 1.54) is 12.3 Å². The van der Waals surface area contributed by atoms with Gasteiger partial charge in [-0.15, -0.1) is 420 Å². The summed E-state index contributed by atoms with van der Waals surface area (Å²) in [6.45, 7) is -15.9. The van der Waals surface area contributed by atoms with Gasteiger partial charge in [0, 0.05) is 49.6 Å². The minimum atomic E-state index is -3.45. The van der Waals surface area contributed by atoms with E-state index >= 15 is 4.39 Å². The third-order valence-electron chi connectivity index (χ3n) is 15.6. The van der Waals surface area contributed by atoms with Crippen LogP contribution in [0, 0.1) is 5.82 Å². The van der Waals surface area contributed by atoms with Crippen LogP contribution in [0.2, 0.25) is 0 Å². The fourth-order valence-electron chi connectivity index (χ4n) is 10.7. The molecular formula is C29H124FN5O5P92S. The molecule has 4 aromatic rings. The predicted molar refractivity (Wildman–Crippen MR) is 918 cm³/mol. The molecule has 2 aliphatic rings. The fraction of sp³-hybridized carbons (Fsp3) is 0.345. The molecule has 0 radical (unpaired) electrons. The second kappa shape index (κ2) is 83.3. The number of halogens is 1. The van der Waals surface area contributed by atoms with Crippen LogP contribution in [-0.2, 0) is 25.9 Å². The lowest BCUT2D eigenvalue weighted by atomic mass is 10.1. The van der Waals surface area contributed by atoms with Crippen molar-refractivity contribution in [3.8, 4) is 34.0 Å². The number of nitrogens with two attached hydrogens (primary N) is 1. The third kappa shape index (κ3) is 51.0. The van der Waals surface area contributed by atoms with Crippen LogP contribution in [0.3, 0.4) is 0 Å². The zero-order chi connectivity index (χ0) is 101. The maximum absolute atomic E-state index is 15.0. The van der Waals surface area contributed by atoms with Gasteiger partial charge in [-0.25, -0.2) is 22.8 Å². The molecular weight excluding hydrogens is 3400 g/mol. The van der Waals surface area contributed by atoms with Gasteiger partial charge in [-0.3, -0.25) is 0 Å². The molecule has 50 unspecified atom stereocenters. The van der Waals surface area contributed by atoms with Gasteiger partial charge in [-0.1, -0.05) is 23.4 Å². The molecule has 3 N–H and O–H groups in total. The average molecular weight is 3520 g/mol. The molecule has 2 fully saturated rings. The van der Waals surface area contributed by atoms with E-state index in [1.54, 1.807) is 36.4 Å². The summed E-state index contributed by atoms with van der Waals surface area (Å²) in [4.78, 5) is 9.10. The Hall–Kier alpha value is 35.8. The molecule has 0 aliphatic carbocycles. The van der Waals surface area contributed by atoms with E-state index in [4.69, 9.17) is 19.7 Å². The Balaban J connectivity index is 0.000000621. The molecule has 0 spiro atoms. The Kier molecular flexibility index (Phi) is 99.7. The highest BCUT2D eigenvalue weighted by Gasteiger charge is 2.67. The number of aromatic nitrogens is 3. The van der Waals surface area contributed by atoms with Crippen LogP contribution in [0.15, 0.2) is 64.1 Å². The van der Waals surface area contributed by atoms with Crippen LogP contribution >= 0.6 is 734 Å². The Bertz CT molecular complexity index is 3760. The van der Waals surface area contributed by atoms with Gasteiger partial charge in [0.25, 0.3) is 0 Å². The summed E-state index contributed by atoms with van der Waals surface area (Å²) in [5, 5.41) is 6.96. The van der Waals surface area contributed by atoms with Crippen molar-refractivity contribution in [1.29, 1.82) is 0 Å². The van der Waals surface area contributed by atoms with E-state index in [0.29, 0.717) is 56.2 Å². The van der Waals surface area contributed by atoms with Crippen LogP contribution in [0.25, 0.3) is 34.0 Å². The minimum Gasteiger partial charge on any atom is -0.382 e. The molecule has 104 heteroatoms. The van der Waals surface area contributed by atoms with E-state index in [9.17, 15) is 8.42 Å². The lowest BCUT2D eigenvalue weighted by molar-refractivity contribution is 0.0983. The SMILES string of the molecule is Nc1ncc(-c2ccc(S(=O)(=O)C3CCOCC3)cc2)nc1-c1cc(-c2ccc(CN[C@H]3CCOC3)cc2F)no1.PP(P)P(P)P(P(P(P)P)P(P)P)P(P(P(P(P)P)P(P)P)P(P(P)P)P(P)P)P(P(P(P(P(P)P)P(P)P)P(P(P)P)P(P)P)P(P(P(P)P)P(P)P)P(P(P)P)P(P)P)P(P(P(P(P)P)P(P)P)P(P(P)P)P(P)P)P(P(P(P)P)P(P)P)P(P(P)P)P(P)P. The number of nitrogens with zero attached hydrogens (tertiary/aromatic N) is 3. The molecule has 0 amide bonds. The molecule has 2 aromatic carbocycles. The van der Waals surface area contributed by atoms with Crippen molar-refractivity contribution in [2.45, 2.75) is 42.0 Å². The number of sulfone groups is 1. The molecule has 6 rings (SSSR count). The second-order valence-corrected chi connectivity index (χ2v) is 409. The van der Waals surface area contributed by atoms with Crippen molar-refractivity contribution >= 4 is 750 Å². The highest BCUT2D eigenvalue weighted by molar-refractivity contribution is 9.60. The van der Waals surface area contributed by atoms with E-state index in [0.717, 1.165) is 18.6 Å². The molecule has 0 saturated carbocycles. The van der Waals surface area contributed by atoms with E-state index < -0.39 is 258 Å². The molecule has 51 atom stereocenters. The smallest absolute Gasteiger partial charge is 0.189 e. The van der Waals surface area contributed by atoms with Gasteiger partial charge in [0.05, 0.1) is 28.6 Å². The van der Waals surface area contributed by atoms with Crippen LogP contribution < -0.4 is 11.1 Å². The van der Waals surface area contributed by atoms with Crippen molar-refractivity contribution in [3.63, 3.8) is 0 Å². The van der Waals surface area contributed by atoms with Crippen molar-refractivity contribution in [1.82, 2.24) is 20.4 Å². The molecule has 133 heavy (non-hydrogen) atoms. The summed E-state index contributed by atoms with van der Waals surface area (Å²) in [5.74, 6) is -0.0692. The van der Waals surface area contributed by atoms with Gasteiger partial charge in [-0.05, 0) is 364 Å². The van der Waals surface area contributed by atoms with Gasteiger partial charge in [0.1, 0.15) is 11.5 Å². The lowest BCUT2D eigenvalue weighted by Crippen LogP contribution is -2.28. The van der Waals surface area contributed by atoms with E-state index in [2.05, 4.69) is 440 Å². The molecule has 4 heterocycles. The highest BCUT2D eigenvalue weighted by atomic mass is 33.6. The monoisotopic (exact) mass is 3520 g/mol. The van der Waals surface area contributed by atoms with Gasteiger partial charge in [0.2, 0.25) is 0 Å². The second-order valence-electron chi connectivity index (χ2n) is 24.9. The standard InChI is InChI=1S/C29H30FN5O5S.H94P92/c30-24-13-18(15-32-20-7-10-39-17-20)1-6-23(24)25-14-27(40-35-25)28-29(31)33-16-26(34-28)19-2-4-21(5-3-19)41(36,37)22-8-11-38-12-9-22;1-48(2)71(47)83(72(49(3)4)50(5)6)89(84(73(51(7)8)52(9)10)74(53(11)12)54(13)14)92(90(85(75(55(15)16)56(17)18)76(57(19)20)58(21)22)86(77(59(23)24)60(25)26)78(61(27)28)62(29)30)91(87(79(63(31)32)64(33)34)80(65(35)36)66(37)38)88(81(67(39)40)68(41)42)82(69(43)44)70(45)46/h1-6,13-14,16,20,22,32H,7-12,15,17H2,(H2,31,33);1-47H2/t20-;/m0./s1. The first kappa shape index (κ1) is 159. The summed E-state index contributed by atoms with van der Waals surface area (Å²) >= 11 is 0. The number of nitrogens with one attached hydrogen (secondary N) is 1. The highest BCUT2D eigenvalue weighted by Crippen LogP contribution is 3.54. The summed E-state index contributed by atoms with van der Waals surface area (Å²) in [6.07, 6.45) is 3.41. The third-order valence-corrected chi connectivity index (χ3v) is 671. The molecule has 768 valence electrons. The van der Waals surface area contributed by atoms with Crippen molar-refractivity contribution in [2.75, 3.05) is 32.2 Å². The number of nitrogen functional groups attached to an aromatic ring is 1. The van der Waals surface area contributed by atoms with Crippen LogP contribution in [-0.4, -0.2) is 61.3 Å². The van der Waals surface area contributed by atoms with E-state index in [1.807, 2.05) is 6.07 Å². The van der Waals surface area contributed by atoms with Crippen molar-refractivity contribution in [3.05, 3.63) is 66.1 Å². The topological polar surface area (TPSA) is 142 Å². The first-order valence-corrected chi connectivity index (χ1v) is 203. The number of hydrogen-bond donors (Lipinski definition) is 2. The van der Waals surface area contributed by atoms with Gasteiger partial charge < -0.3 is 25.0 Å². The summed E-state index contributed by atoms with van der Waals surface area (Å²) < 4.78 is 57.2. The maximum Gasteiger partial charge on any atom is 0.189 e. The zero-order valence-electron chi connectivity index (χ0n) is 69.5. The average Bonchev–Trinajstić information content (AvgIpc) is 0.966. The van der Waals surface area contributed by atoms with Gasteiger partial charge >= 0.3 is 0 Å². The largest absolute Gasteiger partial charge is 0.382 e. The number of hydrogen-bond acceptors (Lipinski definition) is 10. The summed E-state index contributed by atoms with van der Waals surface area (Å²) in [7, 11) is 173. The Labute approximate surface area is 957 Å². The van der Waals surface area contributed by atoms with Crippen molar-refractivity contribution in [2.24, 2.45) is 0 Å². The normalized spacial score (nSPS) is 16.4. The number of rotatable bonds is 52. The Morgan fingerprint density at radius 3 is 0.910 bits per heavy atom. The first-order valence-electron chi connectivity index (χ1n) is 34.4. The number of anilines is 1. The summed E-state index contributed by atoms with van der Waals surface area (Å²) in [6, 6.07) is 13.4. The predicted octanol–water partition coefficient (Wildman–Crippen LogP) is 58.1. The van der Waals surface area contributed by atoms with Crippen LogP contribution in [0.4, 0.5) is 10.2 Å². The van der Waals surface area contributed by atoms with Crippen LogP contribution in [0.5, 0.6) is 0 Å².